The first-order chi connectivity index (χ1) is 6.83. The highest BCUT2D eigenvalue weighted by Gasteiger charge is 2.07. The molecule has 0 saturated carbocycles. The normalized spacial score (nSPS) is 13.0. The van der Waals surface area contributed by atoms with E-state index in [2.05, 4.69) is 72.0 Å². The molecule has 0 aliphatic rings. The molecule has 0 radical (unpaired) electrons. The van der Waals surface area contributed by atoms with Gasteiger partial charge in [0.15, 0.2) is 0 Å². The molecule has 0 aliphatic heterocycles. The molecule has 2 aromatic carbocycles. The second-order valence-electron chi connectivity index (χ2n) is 3.44. The molecule has 1 unspecified atom stereocenters. The Morgan fingerprint density at radius 2 is 1.79 bits per heavy atom. The zero-order valence-corrected chi connectivity index (χ0v) is 10.4. The highest BCUT2D eigenvalue weighted by molar-refractivity contribution is 14.1. The maximum atomic E-state index is 2.52. The summed E-state index contributed by atoms with van der Waals surface area (Å²) in [6, 6.07) is 15.2. The molecule has 0 spiro atoms. The van der Waals surface area contributed by atoms with Crippen LogP contribution in [0.2, 0.25) is 0 Å². The van der Waals surface area contributed by atoms with E-state index < -0.39 is 0 Å². The average molecular weight is 296 g/mol. The van der Waals surface area contributed by atoms with Crippen LogP contribution in [0.15, 0.2) is 42.5 Å². The maximum absolute atomic E-state index is 2.52. The van der Waals surface area contributed by atoms with Crippen LogP contribution >= 0.6 is 22.6 Å². The second kappa shape index (κ2) is 4.30. The highest BCUT2D eigenvalue weighted by Crippen LogP contribution is 2.32. The topological polar surface area (TPSA) is 0 Å². The van der Waals surface area contributed by atoms with Gasteiger partial charge >= 0.3 is 0 Å². The minimum Gasteiger partial charge on any atom is -0.0774 e. The fraction of sp³-hybridized carbons (Fsp3) is 0.231. The van der Waals surface area contributed by atoms with Crippen LogP contribution in [0.3, 0.4) is 0 Å². The van der Waals surface area contributed by atoms with E-state index in [1.54, 1.807) is 0 Å². The molecule has 0 amide bonds. The fourth-order valence-electron chi connectivity index (χ4n) is 1.74. The second-order valence-corrected chi connectivity index (χ2v) is 4.95. The van der Waals surface area contributed by atoms with E-state index in [0.29, 0.717) is 3.92 Å². The van der Waals surface area contributed by atoms with Crippen LogP contribution < -0.4 is 0 Å². The van der Waals surface area contributed by atoms with E-state index in [0.717, 1.165) is 0 Å². The zero-order valence-electron chi connectivity index (χ0n) is 8.20. The molecule has 0 aromatic heterocycles. The third-order valence-corrected chi connectivity index (χ3v) is 4.07. The van der Waals surface area contributed by atoms with Gasteiger partial charge in [-0.15, -0.1) is 0 Å². The predicted molar refractivity (Wildman–Crippen MR) is 71.0 cm³/mol. The Hall–Kier alpha value is -0.570. The lowest BCUT2D eigenvalue weighted by Gasteiger charge is -2.10. The third-order valence-electron chi connectivity index (χ3n) is 2.52. The van der Waals surface area contributed by atoms with Gasteiger partial charge in [0.05, 0.1) is 0 Å². The summed E-state index contributed by atoms with van der Waals surface area (Å²) in [6.07, 6.45) is 1.19. The summed E-state index contributed by atoms with van der Waals surface area (Å²) in [4.78, 5) is 0. The highest BCUT2D eigenvalue weighted by atomic mass is 127. The SMILES string of the molecule is CCC(I)c1cccc2ccccc12. The molecule has 1 atom stereocenters. The Morgan fingerprint density at radius 1 is 1.07 bits per heavy atom. The van der Waals surface area contributed by atoms with Crippen LogP contribution in [0, 0.1) is 0 Å². The van der Waals surface area contributed by atoms with Crippen molar-refractivity contribution < 1.29 is 0 Å². The van der Waals surface area contributed by atoms with Crippen molar-refractivity contribution in [2.45, 2.75) is 17.3 Å². The van der Waals surface area contributed by atoms with Gasteiger partial charge < -0.3 is 0 Å². The Kier molecular flexibility index (Phi) is 3.06. The summed E-state index contributed by atoms with van der Waals surface area (Å²) in [5.41, 5.74) is 1.46. The van der Waals surface area contributed by atoms with Crippen LogP contribution in [0.5, 0.6) is 0 Å². The van der Waals surface area contributed by atoms with Crippen LogP contribution in [0.1, 0.15) is 22.8 Å². The van der Waals surface area contributed by atoms with Crippen LogP contribution in [-0.4, -0.2) is 0 Å². The minimum atomic E-state index is 0.624. The Bertz CT molecular complexity index is 429. The van der Waals surface area contributed by atoms with Gasteiger partial charge in [-0.1, -0.05) is 72.0 Å². The van der Waals surface area contributed by atoms with E-state index in [4.69, 9.17) is 0 Å². The maximum Gasteiger partial charge on any atom is 0.0363 e. The van der Waals surface area contributed by atoms with Crippen LogP contribution in [0.4, 0.5) is 0 Å². The quantitative estimate of drug-likeness (QED) is 0.555. The van der Waals surface area contributed by atoms with Gasteiger partial charge in [-0.25, -0.2) is 0 Å². The molecule has 2 rings (SSSR count). The molecule has 0 N–H and O–H groups in total. The molecule has 14 heavy (non-hydrogen) atoms. The first kappa shape index (κ1) is 9.97. The molecule has 2 aromatic rings. The fourth-order valence-corrected chi connectivity index (χ4v) is 2.29. The van der Waals surface area contributed by atoms with Crippen molar-refractivity contribution in [1.82, 2.24) is 0 Å². The van der Waals surface area contributed by atoms with Gasteiger partial charge in [0.2, 0.25) is 0 Å². The lowest BCUT2D eigenvalue weighted by molar-refractivity contribution is 0.936. The number of benzene rings is 2. The minimum absolute atomic E-state index is 0.624. The standard InChI is InChI=1S/C13H13I/c1-2-13(14)12-9-5-7-10-6-3-4-8-11(10)12/h3-9,13H,2H2,1H3. The molecule has 0 saturated heterocycles. The molecule has 0 bridgehead atoms. The summed E-state index contributed by atoms with van der Waals surface area (Å²) in [5, 5.41) is 2.75. The van der Waals surface area contributed by atoms with Crippen molar-refractivity contribution in [1.29, 1.82) is 0 Å². The van der Waals surface area contributed by atoms with Gasteiger partial charge in [-0.3, -0.25) is 0 Å². The summed E-state index contributed by atoms with van der Waals surface area (Å²) in [7, 11) is 0. The zero-order chi connectivity index (χ0) is 9.97. The third kappa shape index (κ3) is 1.78. The van der Waals surface area contributed by atoms with Crippen molar-refractivity contribution in [3.63, 3.8) is 0 Å². The molecule has 0 aliphatic carbocycles. The summed E-state index contributed by atoms with van der Waals surface area (Å²) < 4.78 is 0.624. The van der Waals surface area contributed by atoms with E-state index in [-0.39, 0.29) is 0 Å². The van der Waals surface area contributed by atoms with Gasteiger partial charge in [-0.2, -0.15) is 0 Å². The Morgan fingerprint density at radius 3 is 2.57 bits per heavy atom. The molecular weight excluding hydrogens is 283 g/mol. The van der Waals surface area contributed by atoms with Crippen molar-refractivity contribution in [3.05, 3.63) is 48.0 Å². The largest absolute Gasteiger partial charge is 0.0774 e. The van der Waals surface area contributed by atoms with Gasteiger partial charge in [-0.05, 0) is 22.8 Å². The van der Waals surface area contributed by atoms with Crippen molar-refractivity contribution >= 4 is 33.4 Å². The summed E-state index contributed by atoms with van der Waals surface area (Å²) in [6.45, 7) is 2.24. The van der Waals surface area contributed by atoms with Gasteiger partial charge in [0.25, 0.3) is 0 Å². The monoisotopic (exact) mass is 296 g/mol. The van der Waals surface area contributed by atoms with E-state index in [9.17, 15) is 0 Å². The molecule has 0 fully saturated rings. The number of alkyl halides is 1. The van der Waals surface area contributed by atoms with Gasteiger partial charge in [0.1, 0.15) is 0 Å². The Labute approximate surface area is 98.5 Å². The molecular formula is C13H13I. The van der Waals surface area contributed by atoms with Crippen molar-refractivity contribution in [3.8, 4) is 0 Å². The average Bonchev–Trinajstić information content (AvgIpc) is 2.27. The number of fused-ring (bicyclic) bond motifs is 1. The summed E-state index contributed by atoms with van der Waals surface area (Å²) in [5.74, 6) is 0. The lowest BCUT2D eigenvalue weighted by atomic mass is 10.0. The van der Waals surface area contributed by atoms with Crippen molar-refractivity contribution in [2.24, 2.45) is 0 Å². The number of rotatable bonds is 2. The number of hydrogen-bond donors (Lipinski definition) is 0. The van der Waals surface area contributed by atoms with Gasteiger partial charge in [0, 0.05) is 3.92 Å². The summed E-state index contributed by atoms with van der Waals surface area (Å²) >= 11 is 2.52. The molecule has 0 heterocycles. The van der Waals surface area contributed by atoms with E-state index in [1.165, 1.54) is 22.8 Å². The smallest absolute Gasteiger partial charge is 0.0363 e. The predicted octanol–water partition coefficient (Wildman–Crippen LogP) is 4.73. The first-order valence-electron chi connectivity index (χ1n) is 4.94. The van der Waals surface area contributed by atoms with Crippen LogP contribution in [-0.2, 0) is 0 Å². The number of halogens is 1. The van der Waals surface area contributed by atoms with E-state index >= 15 is 0 Å². The Balaban J connectivity index is 2.65. The van der Waals surface area contributed by atoms with E-state index in [1.807, 2.05) is 0 Å². The van der Waals surface area contributed by atoms with Crippen molar-refractivity contribution in [2.75, 3.05) is 0 Å². The molecule has 0 nitrogen and oxygen atoms in total. The first-order valence-corrected chi connectivity index (χ1v) is 6.19. The molecule has 1 heteroatoms. The van der Waals surface area contributed by atoms with Crippen LogP contribution in [0.25, 0.3) is 10.8 Å². The lowest BCUT2D eigenvalue weighted by Crippen LogP contribution is -1.88. The number of hydrogen-bond acceptors (Lipinski definition) is 0. The molecule has 72 valence electrons.